The van der Waals surface area contributed by atoms with E-state index in [0.29, 0.717) is 41.4 Å². The monoisotopic (exact) mass is 647 g/mol. The van der Waals surface area contributed by atoms with E-state index in [1.165, 1.54) is 55.4 Å². The van der Waals surface area contributed by atoms with Crippen molar-refractivity contribution in [1.29, 1.82) is 0 Å². The maximum absolute atomic E-state index is 14.3. The van der Waals surface area contributed by atoms with Crippen LogP contribution in [0.3, 0.4) is 0 Å². The summed E-state index contributed by atoms with van der Waals surface area (Å²) in [5.74, 6) is -0.753. The first-order valence-electron chi connectivity index (χ1n) is 14.9. The van der Waals surface area contributed by atoms with Crippen molar-refractivity contribution < 1.29 is 32.6 Å². The summed E-state index contributed by atoms with van der Waals surface area (Å²) < 4.78 is 35.2. The zero-order valence-electron chi connectivity index (χ0n) is 25.9. The van der Waals surface area contributed by atoms with Crippen LogP contribution in [0.5, 0.6) is 17.2 Å². The van der Waals surface area contributed by atoms with Gasteiger partial charge in [0.2, 0.25) is 0 Å². The summed E-state index contributed by atoms with van der Waals surface area (Å²) in [5.41, 5.74) is 8.07. The Labute approximate surface area is 267 Å². The number of aryl methyl sites for hydroxylation is 1. The van der Waals surface area contributed by atoms with Gasteiger partial charge in [0.1, 0.15) is 23.3 Å². The fourth-order valence-electron chi connectivity index (χ4n) is 5.53. The molecule has 46 heavy (non-hydrogen) atoms. The molecule has 242 valence electrons. The number of nitrogens with two attached hydrogens (primary N) is 1. The molecule has 1 aromatic heterocycles. The fourth-order valence-corrected chi connectivity index (χ4v) is 7.06. The van der Waals surface area contributed by atoms with E-state index in [-0.39, 0.29) is 34.9 Å². The number of urea groups is 1. The number of amides is 4. The SMILES string of the molecule is Cc1cccc2c(CC3C(=O)N(CCCCCN)C(=O)N3S(=O)(=O)c3ccc(Oc4ccc(O)cc4)c(C(=O)N(C)C)c3)c[nH]c12. The molecular formula is C33H37N5O7S. The number of phenols is 1. The van der Waals surface area contributed by atoms with E-state index in [1.807, 2.05) is 25.1 Å². The van der Waals surface area contributed by atoms with Gasteiger partial charge in [0, 0.05) is 44.2 Å². The highest BCUT2D eigenvalue weighted by Crippen LogP contribution is 2.34. The quantitative estimate of drug-likeness (QED) is 0.151. The Kier molecular flexibility index (Phi) is 9.35. The maximum Gasteiger partial charge on any atom is 0.341 e. The van der Waals surface area contributed by atoms with Crippen LogP contribution < -0.4 is 10.5 Å². The second-order valence-corrected chi connectivity index (χ2v) is 13.2. The fraction of sp³-hybridized carbons (Fsp3) is 0.303. The Bertz CT molecular complexity index is 1890. The lowest BCUT2D eigenvalue weighted by Crippen LogP contribution is -2.41. The summed E-state index contributed by atoms with van der Waals surface area (Å²) in [7, 11) is -1.62. The molecule has 0 bridgehead atoms. The van der Waals surface area contributed by atoms with Gasteiger partial charge in [-0.1, -0.05) is 24.6 Å². The minimum Gasteiger partial charge on any atom is -0.508 e. The molecule has 1 atom stereocenters. The standard InChI is InChI=1S/C33H37N5O7S/c1-21-8-7-9-26-22(20-35-30(21)26)18-28-32(41)37(17-6-4-5-16-34)33(42)38(28)46(43,44)25-14-15-29(27(19-25)31(40)36(2)3)45-24-12-10-23(39)11-13-24/h7-15,19-20,28,35,39H,4-6,16-18,34H2,1-3H3. The number of aromatic amines is 1. The van der Waals surface area contributed by atoms with Crippen molar-refractivity contribution in [1.82, 2.24) is 19.1 Å². The molecule has 1 aliphatic heterocycles. The molecule has 1 saturated heterocycles. The van der Waals surface area contributed by atoms with E-state index in [4.69, 9.17) is 10.5 Å². The van der Waals surface area contributed by atoms with Gasteiger partial charge in [-0.05, 0) is 79.9 Å². The minimum absolute atomic E-state index is 0.0222. The average Bonchev–Trinajstić information content (AvgIpc) is 3.55. The Morgan fingerprint density at radius 3 is 2.48 bits per heavy atom. The average molecular weight is 648 g/mol. The number of para-hydroxylation sites is 1. The molecule has 2 heterocycles. The van der Waals surface area contributed by atoms with E-state index < -0.39 is 33.9 Å². The summed E-state index contributed by atoms with van der Waals surface area (Å²) in [6, 6.07) is 13.0. The summed E-state index contributed by atoms with van der Waals surface area (Å²) in [6.45, 7) is 2.46. The van der Waals surface area contributed by atoms with Crippen molar-refractivity contribution in [2.45, 2.75) is 43.5 Å². The molecule has 1 aliphatic rings. The minimum atomic E-state index is -4.65. The number of H-pyrrole nitrogens is 1. The molecule has 0 aliphatic carbocycles. The molecule has 4 N–H and O–H groups in total. The highest BCUT2D eigenvalue weighted by atomic mass is 32.2. The third-order valence-corrected chi connectivity index (χ3v) is 9.75. The molecule has 3 aromatic carbocycles. The third kappa shape index (κ3) is 6.28. The van der Waals surface area contributed by atoms with Gasteiger partial charge in [-0.3, -0.25) is 14.5 Å². The number of carbonyl (C=O) groups excluding carboxylic acids is 3. The van der Waals surface area contributed by atoms with Crippen molar-refractivity contribution in [3.63, 3.8) is 0 Å². The van der Waals surface area contributed by atoms with Crippen molar-refractivity contribution in [2.75, 3.05) is 27.2 Å². The largest absolute Gasteiger partial charge is 0.508 e. The smallest absolute Gasteiger partial charge is 0.341 e. The zero-order chi connectivity index (χ0) is 33.2. The van der Waals surface area contributed by atoms with Gasteiger partial charge in [-0.25, -0.2) is 17.5 Å². The van der Waals surface area contributed by atoms with Crippen molar-refractivity contribution in [3.05, 3.63) is 83.6 Å². The van der Waals surface area contributed by atoms with E-state index in [1.54, 1.807) is 6.20 Å². The number of nitrogens with zero attached hydrogens (tertiary/aromatic N) is 3. The Balaban J connectivity index is 1.55. The van der Waals surface area contributed by atoms with Crippen LogP contribution in [0, 0.1) is 6.92 Å². The van der Waals surface area contributed by atoms with Crippen LogP contribution in [0.1, 0.15) is 40.7 Å². The van der Waals surface area contributed by atoms with Crippen LogP contribution in [-0.4, -0.2) is 83.7 Å². The first kappa shape index (κ1) is 32.5. The molecule has 1 fully saturated rings. The number of nitrogens with one attached hydrogen (secondary N) is 1. The van der Waals surface area contributed by atoms with Crippen LogP contribution in [0.4, 0.5) is 4.79 Å². The van der Waals surface area contributed by atoms with Gasteiger partial charge in [0.25, 0.3) is 21.8 Å². The molecule has 0 saturated carbocycles. The van der Waals surface area contributed by atoms with E-state index in [2.05, 4.69) is 4.98 Å². The van der Waals surface area contributed by atoms with Crippen molar-refractivity contribution >= 4 is 38.8 Å². The first-order valence-corrected chi connectivity index (χ1v) is 16.4. The Morgan fingerprint density at radius 2 is 1.78 bits per heavy atom. The van der Waals surface area contributed by atoms with Gasteiger partial charge in [0.05, 0.1) is 10.5 Å². The van der Waals surface area contributed by atoms with Crippen LogP contribution in [-0.2, 0) is 21.2 Å². The van der Waals surface area contributed by atoms with Gasteiger partial charge >= 0.3 is 6.03 Å². The van der Waals surface area contributed by atoms with Crippen LogP contribution in [0.25, 0.3) is 10.9 Å². The highest BCUT2D eigenvalue weighted by molar-refractivity contribution is 7.89. The van der Waals surface area contributed by atoms with Gasteiger partial charge in [0.15, 0.2) is 0 Å². The van der Waals surface area contributed by atoms with Crippen LogP contribution >= 0.6 is 0 Å². The lowest BCUT2D eigenvalue weighted by atomic mass is 10.0. The Hall–Kier alpha value is -4.88. The van der Waals surface area contributed by atoms with E-state index >= 15 is 0 Å². The zero-order valence-corrected chi connectivity index (χ0v) is 26.7. The number of hydrogen-bond donors (Lipinski definition) is 3. The molecule has 0 spiro atoms. The summed E-state index contributed by atoms with van der Waals surface area (Å²) >= 11 is 0. The van der Waals surface area contributed by atoms with Crippen LogP contribution in [0.2, 0.25) is 0 Å². The molecule has 0 radical (unpaired) electrons. The van der Waals surface area contributed by atoms with Gasteiger partial charge in [-0.15, -0.1) is 0 Å². The van der Waals surface area contributed by atoms with Crippen molar-refractivity contribution in [3.8, 4) is 17.2 Å². The lowest BCUT2D eigenvalue weighted by Gasteiger charge is -2.23. The number of benzene rings is 3. The summed E-state index contributed by atoms with van der Waals surface area (Å²) in [5, 5.41) is 10.4. The van der Waals surface area contributed by atoms with Gasteiger partial charge in [-0.2, -0.15) is 0 Å². The number of imide groups is 1. The first-order chi connectivity index (χ1) is 21.9. The summed E-state index contributed by atoms with van der Waals surface area (Å²) in [4.78, 5) is 46.0. The second kappa shape index (κ2) is 13.2. The normalized spacial score (nSPS) is 15.2. The molecule has 13 heteroatoms. The summed E-state index contributed by atoms with van der Waals surface area (Å²) in [6.07, 6.45) is 3.54. The number of unbranched alkanes of at least 4 members (excludes halogenated alkanes) is 2. The third-order valence-electron chi connectivity index (χ3n) is 7.97. The lowest BCUT2D eigenvalue weighted by molar-refractivity contribution is -0.128. The molecule has 1 unspecified atom stereocenters. The molecular weight excluding hydrogens is 610 g/mol. The highest BCUT2D eigenvalue weighted by Gasteiger charge is 2.51. The molecule has 12 nitrogen and oxygen atoms in total. The van der Waals surface area contributed by atoms with Crippen LogP contribution in [0.15, 0.2) is 71.8 Å². The van der Waals surface area contributed by atoms with E-state index in [9.17, 15) is 27.9 Å². The number of phenolic OH excluding ortho intramolecular Hbond substituents is 1. The number of sulfonamides is 1. The Morgan fingerprint density at radius 1 is 1.04 bits per heavy atom. The number of hydrogen-bond acceptors (Lipinski definition) is 8. The van der Waals surface area contributed by atoms with Crippen molar-refractivity contribution in [2.24, 2.45) is 5.73 Å². The molecule has 5 rings (SSSR count). The second-order valence-electron chi connectivity index (χ2n) is 11.4. The maximum atomic E-state index is 14.3. The molecule has 4 aromatic rings. The topological polar surface area (TPSA) is 166 Å². The number of ether oxygens (including phenoxy) is 1. The number of rotatable bonds is 12. The van der Waals surface area contributed by atoms with E-state index in [0.717, 1.165) is 27.4 Å². The molecule has 4 amide bonds. The predicted octanol–water partition coefficient (Wildman–Crippen LogP) is 4.37. The number of fused-ring (bicyclic) bond motifs is 1. The number of aromatic hydroxyl groups is 1. The number of carbonyl (C=O) groups is 3. The predicted molar refractivity (Wildman–Crippen MR) is 172 cm³/mol. The number of aromatic nitrogens is 1. The van der Waals surface area contributed by atoms with Gasteiger partial charge < -0.3 is 25.5 Å².